The highest BCUT2D eigenvalue weighted by molar-refractivity contribution is 7.92. The zero-order valence-corrected chi connectivity index (χ0v) is 16.2. The summed E-state index contributed by atoms with van der Waals surface area (Å²) in [5, 5.41) is 2.72. The summed E-state index contributed by atoms with van der Waals surface area (Å²) in [5.41, 5.74) is 1.85. The molecule has 1 amide bonds. The highest BCUT2D eigenvalue weighted by Crippen LogP contribution is 2.34. The second-order valence-corrected chi connectivity index (χ2v) is 8.09. The third-order valence-electron chi connectivity index (χ3n) is 4.21. The monoisotopic (exact) mass is 411 g/mol. The molecule has 1 aliphatic heterocycles. The number of carbonyl (C=O) groups is 1. The number of anilines is 2. The van der Waals surface area contributed by atoms with Gasteiger partial charge in [0.05, 0.1) is 22.3 Å². The van der Waals surface area contributed by atoms with Crippen LogP contribution in [0.2, 0.25) is 0 Å². The fraction of sp³-hybridized carbons (Fsp3) is 0.100. The third-order valence-corrected chi connectivity index (χ3v) is 5.61. The van der Waals surface area contributed by atoms with Crippen LogP contribution in [-0.4, -0.2) is 26.1 Å². The molecule has 0 fully saturated rings. The summed E-state index contributed by atoms with van der Waals surface area (Å²) in [6.45, 7) is 2.01. The molecule has 8 nitrogen and oxygen atoms in total. The largest absolute Gasteiger partial charge is 0.454 e. The molecule has 29 heavy (non-hydrogen) atoms. The van der Waals surface area contributed by atoms with E-state index in [1.54, 1.807) is 30.3 Å². The van der Waals surface area contributed by atoms with Crippen LogP contribution < -0.4 is 19.5 Å². The summed E-state index contributed by atoms with van der Waals surface area (Å²) in [4.78, 5) is 16.6. The molecule has 2 N–H and O–H groups in total. The number of pyridine rings is 1. The number of amides is 1. The van der Waals surface area contributed by atoms with Gasteiger partial charge >= 0.3 is 0 Å². The average Bonchev–Trinajstić information content (AvgIpc) is 3.16. The van der Waals surface area contributed by atoms with Gasteiger partial charge in [0, 0.05) is 18.0 Å². The first kappa shape index (κ1) is 18.8. The molecule has 2 heterocycles. The van der Waals surface area contributed by atoms with Crippen molar-refractivity contribution in [1.82, 2.24) is 4.98 Å². The fourth-order valence-corrected chi connectivity index (χ4v) is 3.76. The van der Waals surface area contributed by atoms with Gasteiger partial charge in [-0.25, -0.2) is 8.42 Å². The number of nitrogens with one attached hydrogen (secondary N) is 2. The van der Waals surface area contributed by atoms with E-state index in [1.165, 1.54) is 30.6 Å². The quantitative estimate of drug-likeness (QED) is 0.668. The predicted molar refractivity (Wildman–Crippen MR) is 107 cm³/mol. The number of rotatable bonds is 5. The third kappa shape index (κ3) is 4.14. The smallest absolute Gasteiger partial charge is 0.261 e. The van der Waals surface area contributed by atoms with Gasteiger partial charge in [0.2, 0.25) is 6.79 Å². The molecule has 0 atom stereocenters. The summed E-state index contributed by atoms with van der Waals surface area (Å²) in [6.07, 6.45) is 2.69. The van der Waals surface area contributed by atoms with Crippen LogP contribution >= 0.6 is 0 Å². The number of benzene rings is 2. The standard InChI is InChI=1S/C20H17N3O5S/c1-13-2-5-17(6-3-13)29(25,26)23-16-8-14(10-21-11-16)20(24)22-15-4-7-18-19(9-15)28-12-27-18/h2-11,23H,12H2,1H3,(H,22,24). The zero-order chi connectivity index (χ0) is 20.4. The van der Waals surface area contributed by atoms with Crippen molar-refractivity contribution in [2.24, 2.45) is 0 Å². The number of carbonyl (C=O) groups excluding carboxylic acids is 1. The molecule has 2 aromatic carbocycles. The summed E-state index contributed by atoms with van der Waals surface area (Å²) in [5.74, 6) is 0.713. The van der Waals surface area contributed by atoms with Gasteiger partial charge in [-0.3, -0.25) is 14.5 Å². The molecule has 9 heteroatoms. The Morgan fingerprint density at radius 3 is 2.52 bits per heavy atom. The Balaban J connectivity index is 1.51. The maximum Gasteiger partial charge on any atom is 0.261 e. The topological polar surface area (TPSA) is 107 Å². The average molecular weight is 411 g/mol. The van der Waals surface area contributed by atoms with Crippen molar-refractivity contribution in [3.05, 3.63) is 72.1 Å². The minimum absolute atomic E-state index is 0.123. The molecular weight excluding hydrogens is 394 g/mol. The summed E-state index contributed by atoms with van der Waals surface area (Å²) >= 11 is 0. The molecular formula is C20H17N3O5S. The Morgan fingerprint density at radius 1 is 0.966 bits per heavy atom. The van der Waals surface area contributed by atoms with E-state index in [0.717, 1.165) is 5.56 Å². The highest BCUT2D eigenvalue weighted by Gasteiger charge is 2.17. The van der Waals surface area contributed by atoms with E-state index in [-0.39, 0.29) is 22.9 Å². The van der Waals surface area contributed by atoms with Crippen LogP contribution in [0.4, 0.5) is 11.4 Å². The predicted octanol–water partition coefficient (Wildman–Crippen LogP) is 3.17. The molecule has 1 aliphatic rings. The molecule has 4 rings (SSSR count). The molecule has 0 bridgehead atoms. The first-order valence-corrected chi connectivity index (χ1v) is 10.1. The second kappa shape index (κ2) is 7.44. The Bertz CT molecular complexity index is 1180. The maximum atomic E-state index is 12.5. The Hall–Kier alpha value is -3.59. The molecule has 3 aromatic rings. The lowest BCUT2D eigenvalue weighted by Gasteiger charge is -2.10. The number of hydrogen-bond donors (Lipinski definition) is 2. The first-order valence-electron chi connectivity index (χ1n) is 8.66. The second-order valence-electron chi connectivity index (χ2n) is 6.40. The van der Waals surface area contributed by atoms with Crippen molar-refractivity contribution in [1.29, 1.82) is 0 Å². The Kier molecular flexibility index (Phi) is 4.81. The van der Waals surface area contributed by atoms with E-state index in [2.05, 4.69) is 15.0 Å². The number of sulfonamides is 1. The summed E-state index contributed by atoms with van der Waals surface area (Å²) in [6, 6.07) is 12.9. The van der Waals surface area contributed by atoms with E-state index in [4.69, 9.17) is 9.47 Å². The van der Waals surface area contributed by atoms with E-state index < -0.39 is 15.9 Å². The zero-order valence-electron chi connectivity index (χ0n) is 15.4. The van der Waals surface area contributed by atoms with Crippen LogP contribution in [0.25, 0.3) is 0 Å². The number of aryl methyl sites for hydroxylation is 1. The van der Waals surface area contributed by atoms with Crippen molar-refractivity contribution in [2.75, 3.05) is 16.8 Å². The van der Waals surface area contributed by atoms with Gasteiger partial charge in [-0.2, -0.15) is 0 Å². The molecule has 0 saturated heterocycles. The van der Waals surface area contributed by atoms with Crippen LogP contribution in [0.15, 0.2) is 65.8 Å². The molecule has 0 unspecified atom stereocenters. The normalized spacial score (nSPS) is 12.4. The number of fused-ring (bicyclic) bond motifs is 1. The van der Waals surface area contributed by atoms with E-state index in [9.17, 15) is 13.2 Å². The van der Waals surface area contributed by atoms with Gasteiger partial charge in [0.1, 0.15) is 0 Å². The van der Waals surface area contributed by atoms with Crippen LogP contribution in [0.1, 0.15) is 15.9 Å². The van der Waals surface area contributed by atoms with Gasteiger partial charge in [-0.05, 0) is 37.3 Å². The summed E-state index contributed by atoms with van der Waals surface area (Å²) < 4.78 is 38.0. The Morgan fingerprint density at radius 2 is 1.72 bits per heavy atom. The number of nitrogens with zero attached hydrogens (tertiary/aromatic N) is 1. The molecule has 0 spiro atoms. The van der Waals surface area contributed by atoms with Gasteiger partial charge in [0.15, 0.2) is 11.5 Å². The minimum atomic E-state index is -3.79. The first-order chi connectivity index (χ1) is 13.9. The van der Waals surface area contributed by atoms with Crippen molar-refractivity contribution in [3.63, 3.8) is 0 Å². The van der Waals surface area contributed by atoms with Gasteiger partial charge < -0.3 is 14.8 Å². The van der Waals surface area contributed by atoms with E-state index in [0.29, 0.717) is 17.2 Å². The van der Waals surface area contributed by atoms with Crippen LogP contribution in [-0.2, 0) is 10.0 Å². The van der Waals surface area contributed by atoms with Gasteiger partial charge in [-0.1, -0.05) is 17.7 Å². The highest BCUT2D eigenvalue weighted by atomic mass is 32.2. The van der Waals surface area contributed by atoms with Crippen LogP contribution in [0.5, 0.6) is 11.5 Å². The lowest BCUT2D eigenvalue weighted by Crippen LogP contribution is -2.15. The van der Waals surface area contributed by atoms with Crippen LogP contribution in [0.3, 0.4) is 0 Å². The Labute approximate surface area is 167 Å². The van der Waals surface area contributed by atoms with E-state index >= 15 is 0 Å². The van der Waals surface area contributed by atoms with Crippen LogP contribution in [0, 0.1) is 6.92 Å². The number of hydrogen-bond acceptors (Lipinski definition) is 6. The maximum absolute atomic E-state index is 12.5. The molecule has 0 saturated carbocycles. The lowest BCUT2D eigenvalue weighted by atomic mass is 10.2. The lowest BCUT2D eigenvalue weighted by molar-refractivity contribution is 0.102. The number of aromatic nitrogens is 1. The van der Waals surface area contributed by atoms with Crippen molar-refractivity contribution >= 4 is 27.3 Å². The van der Waals surface area contributed by atoms with Gasteiger partial charge in [-0.15, -0.1) is 0 Å². The van der Waals surface area contributed by atoms with E-state index in [1.807, 2.05) is 6.92 Å². The molecule has 1 aromatic heterocycles. The summed E-state index contributed by atoms with van der Waals surface area (Å²) in [7, 11) is -3.79. The van der Waals surface area contributed by atoms with Crippen molar-refractivity contribution in [3.8, 4) is 11.5 Å². The SMILES string of the molecule is Cc1ccc(S(=O)(=O)Nc2cncc(C(=O)Nc3ccc4c(c3)OCO4)c2)cc1. The number of ether oxygens (including phenoxy) is 2. The molecule has 148 valence electrons. The minimum Gasteiger partial charge on any atom is -0.454 e. The van der Waals surface area contributed by atoms with Crippen molar-refractivity contribution in [2.45, 2.75) is 11.8 Å². The molecule has 0 radical (unpaired) electrons. The van der Waals surface area contributed by atoms with Gasteiger partial charge in [0.25, 0.3) is 15.9 Å². The fourth-order valence-electron chi connectivity index (χ4n) is 2.73. The van der Waals surface area contributed by atoms with Crippen molar-refractivity contribution < 1.29 is 22.7 Å². The molecule has 0 aliphatic carbocycles.